The highest BCUT2D eigenvalue weighted by molar-refractivity contribution is 4.79. The molecule has 0 radical (unpaired) electrons. The van der Waals surface area contributed by atoms with Crippen molar-refractivity contribution in [1.82, 2.24) is 0 Å². The zero-order valence-corrected chi connectivity index (χ0v) is 8.53. The lowest BCUT2D eigenvalue weighted by molar-refractivity contribution is -0.0231. The van der Waals surface area contributed by atoms with Crippen LogP contribution in [0.2, 0.25) is 0 Å². The molecule has 0 bridgehead atoms. The third-order valence-corrected chi connectivity index (χ3v) is 2.67. The van der Waals surface area contributed by atoms with E-state index in [9.17, 15) is 5.11 Å². The summed E-state index contributed by atoms with van der Waals surface area (Å²) in [7, 11) is 1.68. The Balaban J connectivity index is 2.18. The normalized spacial score (nSPS) is 30.7. The van der Waals surface area contributed by atoms with E-state index in [4.69, 9.17) is 9.47 Å². The smallest absolute Gasteiger partial charge is 0.0860 e. The summed E-state index contributed by atoms with van der Waals surface area (Å²) in [5, 5.41) is 9.77. The van der Waals surface area contributed by atoms with E-state index in [1.54, 1.807) is 7.11 Å². The lowest BCUT2D eigenvalue weighted by atomic mass is 9.97. The van der Waals surface area contributed by atoms with Gasteiger partial charge in [-0.15, -0.1) is 0 Å². The molecule has 0 aromatic heterocycles. The summed E-state index contributed by atoms with van der Waals surface area (Å²) in [5.74, 6) is 0.498. The quantitative estimate of drug-likeness (QED) is 0.659. The number of methoxy groups -OCH3 is 1. The molecular weight excluding hydrogens is 168 g/mol. The van der Waals surface area contributed by atoms with Gasteiger partial charge in [0.25, 0.3) is 0 Å². The first-order valence-corrected chi connectivity index (χ1v) is 5.04. The Kier molecular flexibility index (Phi) is 4.70. The molecule has 1 aliphatic rings. The van der Waals surface area contributed by atoms with Gasteiger partial charge in [0.2, 0.25) is 0 Å². The molecule has 0 amide bonds. The fraction of sp³-hybridized carbons (Fsp3) is 1.00. The van der Waals surface area contributed by atoms with Crippen molar-refractivity contribution in [2.24, 2.45) is 5.92 Å². The van der Waals surface area contributed by atoms with E-state index in [-0.39, 0.29) is 12.2 Å². The van der Waals surface area contributed by atoms with Gasteiger partial charge in [0, 0.05) is 20.3 Å². The SMILES string of the molecule is COCCCC(O)C1OCCC1C. The highest BCUT2D eigenvalue weighted by Crippen LogP contribution is 2.24. The van der Waals surface area contributed by atoms with Crippen LogP contribution in [0.1, 0.15) is 26.2 Å². The largest absolute Gasteiger partial charge is 0.390 e. The van der Waals surface area contributed by atoms with Crippen molar-refractivity contribution in [3.63, 3.8) is 0 Å². The fourth-order valence-corrected chi connectivity index (χ4v) is 1.81. The zero-order valence-electron chi connectivity index (χ0n) is 8.53. The lowest BCUT2D eigenvalue weighted by Crippen LogP contribution is -2.30. The van der Waals surface area contributed by atoms with Crippen LogP contribution in [0.3, 0.4) is 0 Å². The van der Waals surface area contributed by atoms with Gasteiger partial charge in [0.1, 0.15) is 0 Å². The maximum Gasteiger partial charge on any atom is 0.0860 e. The molecule has 1 aliphatic heterocycles. The fourth-order valence-electron chi connectivity index (χ4n) is 1.81. The Bertz CT molecular complexity index is 138. The van der Waals surface area contributed by atoms with Gasteiger partial charge >= 0.3 is 0 Å². The van der Waals surface area contributed by atoms with Gasteiger partial charge in [-0.1, -0.05) is 6.92 Å². The molecule has 3 nitrogen and oxygen atoms in total. The Morgan fingerprint density at radius 1 is 1.62 bits per heavy atom. The number of rotatable bonds is 5. The Hall–Kier alpha value is -0.120. The number of hydrogen-bond donors (Lipinski definition) is 1. The van der Waals surface area contributed by atoms with Crippen LogP contribution in [0.15, 0.2) is 0 Å². The molecule has 0 aliphatic carbocycles. The first kappa shape index (κ1) is 11.0. The van der Waals surface area contributed by atoms with Crippen LogP contribution in [0.5, 0.6) is 0 Å². The number of aliphatic hydroxyl groups excluding tert-OH is 1. The Morgan fingerprint density at radius 2 is 2.38 bits per heavy atom. The molecule has 0 saturated carbocycles. The monoisotopic (exact) mass is 188 g/mol. The van der Waals surface area contributed by atoms with Crippen molar-refractivity contribution in [3.05, 3.63) is 0 Å². The maximum atomic E-state index is 9.77. The predicted molar refractivity (Wildman–Crippen MR) is 50.6 cm³/mol. The summed E-state index contributed by atoms with van der Waals surface area (Å²) in [6, 6.07) is 0. The van der Waals surface area contributed by atoms with E-state index in [2.05, 4.69) is 6.92 Å². The van der Waals surface area contributed by atoms with Crippen LogP contribution < -0.4 is 0 Å². The number of ether oxygens (including phenoxy) is 2. The average molecular weight is 188 g/mol. The van der Waals surface area contributed by atoms with Crippen LogP contribution in [0.4, 0.5) is 0 Å². The van der Waals surface area contributed by atoms with Crippen LogP contribution in [-0.4, -0.2) is 37.6 Å². The molecule has 0 aromatic carbocycles. The van der Waals surface area contributed by atoms with Crippen molar-refractivity contribution in [2.45, 2.75) is 38.4 Å². The second-order valence-electron chi connectivity index (χ2n) is 3.80. The molecule has 13 heavy (non-hydrogen) atoms. The molecule has 0 spiro atoms. The predicted octanol–water partition coefficient (Wildman–Crippen LogP) is 1.20. The van der Waals surface area contributed by atoms with Crippen molar-refractivity contribution < 1.29 is 14.6 Å². The van der Waals surface area contributed by atoms with Gasteiger partial charge in [-0.3, -0.25) is 0 Å². The highest BCUT2D eigenvalue weighted by Gasteiger charge is 2.30. The van der Waals surface area contributed by atoms with Gasteiger partial charge in [-0.2, -0.15) is 0 Å². The average Bonchev–Trinajstić information content (AvgIpc) is 2.52. The van der Waals surface area contributed by atoms with E-state index in [0.29, 0.717) is 5.92 Å². The van der Waals surface area contributed by atoms with Gasteiger partial charge in [0.05, 0.1) is 12.2 Å². The Labute approximate surface area is 80.0 Å². The standard InChI is InChI=1S/C10H20O3/c1-8-5-7-13-10(8)9(11)4-3-6-12-2/h8-11H,3-7H2,1-2H3. The van der Waals surface area contributed by atoms with Crippen molar-refractivity contribution in [3.8, 4) is 0 Å². The maximum absolute atomic E-state index is 9.77. The van der Waals surface area contributed by atoms with E-state index < -0.39 is 0 Å². The lowest BCUT2D eigenvalue weighted by Gasteiger charge is -2.20. The van der Waals surface area contributed by atoms with Crippen LogP contribution in [0, 0.1) is 5.92 Å². The summed E-state index contributed by atoms with van der Waals surface area (Å²) in [6.07, 6.45) is 2.50. The van der Waals surface area contributed by atoms with Crippen molar-refractivity contribution >= 4 is 0 Å². The molecular formula is C10H20O3. The summed E-state index contributed by atoms with van der Waals surface area (Å²) in [4.78, 5) is 0. The Morgan fingerprint density at radius 3 is 2.92 bits per heavy atom. The minimum atomic E-state index is -0.312. The van der Waals surface area contributed by atoms with Gasteiger partial charge in [0.15, 0.2) is 0 Å². The van der Waals surface area contributed by atoms with E-state index >= 15 is 0 Å². The first-order chi connectivity index (χ1) is 6.25. The molecule has 1 heterocycles. The minimum Gasteiger partial charge on any atom is -0.390 e. The third-order valence-electron chi connectivity index (χ3n) is 2.67. The molecule has 0 aromatic rings. The number of aliphatic hydroxyl groups is 1. The topological polar surface area (TPSA) is 38.7 Å². The van der Waals surface area contributed by atoms with Gasteiger partial charge < -0.3 is 14.6 Å². The molecule has 3 atom stereocenters. The van der Waals surface area contributed by atoms with E-state index in [0.717, 1.165) is 32.5 Å². The van der Waals surface area contributed by atoms with Crippen LogP contribution in [-0.2, 0) is 9.47 Å². The molecule has 1 N–H and O–H groups in total. The molecule has 78 valence electrons. The summed E-state index contributed by atoms with van der Waals surface area (Å²) in [5.41, 5.74) is 0. The van der Waals surface area contributed by atoms with E-state index in [1.807, 2.05) is 0 Å². The highest BCUT2D eigenvalue weighted by atomic mass is 16.5. The minimum absolute atomic E-state index is 0.0526. The molecule has 1 saturated heterocycles. The van der Waals surface area contributed by atoms with Gasteiger partial charge in [-0.25, -0.2) is 0 Å². The van der Waals surface area contributed by atoms with E-state index in [1.165, 1.54) is 0 Å². The molecule has 1 rings (SSSR count). The summed E-state index contributed by atoms with van der Waals surface area (Å²) < 4.78 is 10.4. The summed E-state index contributed by atoms with van der Waals surface area (Å²) >= 11 is 0. The zero-order chi connectivity index (χ0) is 9.68. The second kappa shape index (κ2) is 5.58. The number of hydrogen-bond acceptors (Lipinski definition) is 3. The molecule has 1 fully saturated rings. The third kappa shape index (κ3) is 3.25. The van der Waals surface area contributed by atoms with Crippen LogP contribution in [0.25, 0.3) is 0 Å². The van der Waals surface area contributed by atoms with Crippen molar-refractivity contribution in [1.29, 1.82) is 0 Å². The molecule has 3 unspecified atom stereocenters. The summed E-state index contributed by atoms with van der Waals surface area (Å²) in [6.45, 7) is 3.66. The molecule has 3 heteroatoms. The second-order valence-corrected chi connectivity index (χ2v) is 3.80. The van der Waals surface area contributed by atoms with Crippen molar-refractivity contribution in [2.75, 3.05) is 20.3 Å². The van der Waals surface area contributed by atoms with Gasteiger partial charge in [-0.05, 0) is 25.2 Å². The first-order valence-electron chi connectivity index (χ1n) is 5.04. The van der Waals surface area contributed by atoms with Crippen LogP contribution >= 0.6 is 0 Å².